The zero-order chi connectivity index (χ0) is 30.5. The molecule has 0 aromatic heterocycles. The van der Waals surface area contributed by atoms with E-state index in [4.69, 9.17) is 27.9 Å². The Hall–Kier alpha value is -5.02. The molecule has 0 aliphatic heterocycles. The van der Waals surface area contributed by atoms with Crippen LogP contribution in [0.4, 0.5) is 0 Å². The first-order chi connectivity index (χ1) is 20.8. The second kappa shape index (κ2) is 12.9. The lowest BCUT2D eigenvalue weighted by Gasteiger charge is -2.23. The second-order valence-electron chi connectivity index (χ2n) is 9.49. The highest BCUT2D eigenvalue weighted by Crippen LogP contribution is 2.44. The first kappa shape index (κ1) is 29.5. The Morgan fingerprint density at radius 3 is 1.47 bits per heavy atom. The van der Waals surface area contributed by atoms with Crippen molar-refractivity contribution in [2.24, 2.45) is 0 Å². The number of nitrogens with zero attached hydrogens (tertiary/aromatic N) is 1. The predicted molar refractivity (Wildman–Crippen MR) is 168 cm³/mol. The smallest absolute Gasteiger partial charge is 0.340 e. The number of ketones is 2. The van der Waals surface area contributed by atoms with Crippen LogP contribution in [0.2, 0.25) is 10.0 Å². The van der Waals surface area contributed by atoms with E-state index in [0.717, 1.165) is 0 Å². The summed E-state index contributed by atoms with van der Waals surface area (Å²) in [6, 6.07) is 32.4. The average Bonchev–Trinajstić information content (AvgIpc) is 3.04. The number of hydrogen-bond acceptors (Lipinski definition) is 5. The van der Waals surface area contributed by atoms with Crippen molar-refractivity contribution in [3.63, 3.8) is 0 Å². The molecule has 5 aromatic carbocycles. The summed E-state index contributed by atoms with van der Waals surface area (Å²) in [6.07, 6.45) is 0. The maximum absolute atomic E-state index is 14.4. The van der Waals surface area contributed by atoms with E-state index in [-0.39, 0.29) is 40.0 Å². The SMILES string of the molecule is CCOC(=O)c1c(C#N)c(C(=O)c2ccccc2)c(-c2ccc(Cl)cc2)c(-c2ccc(Cl)cc2)c1C(=O)c1ccccc1. The molecule has 0 aliphatic rings. The van der Waals surface area contributed by atoms with Gasteiger partial charge in [-0.15, -0.1) is 0 Å². The number of rotatable bonds is 8. The zero-order valence-electron chi connectivity index (χ0n) is 22.9. The summed E-state index contributed by atoms with van der Waals surface area (Å²) in [6.45, 7) is 1.61. The number of halogens is 2. The normalized spacial score (nSPS) is 10.6. The Labute approximate surface area is 258 Å². The van der Waals surface area contributed by atoms with Gasteiger partial charge in [0, 0.05) is 43.4 Å². The van der Waals surface area contributed by atoms with E-state index in [1.165, 1.54) is 0 Å². The van der Waals surface area contributed by atoms with Crippen LogP contribution in [0.1, 0.15) is 54.7 Å². The molecule has 210 valence electrons. The van der Waals surface area contributed by atoms with Crippen LogP contribution in [0.3, 0.4) is 0 Å². The Balaban J connectivity index is 2.06. The third-order valence-electron chi connectivity index (χ3n) is 6.88. The van der Waals surface area contributed by atoms with E-state index < -0.39 is 17.5 Å². The molecule has 0 saturated carbocycles. The van der Waals surface area contributed by atoms with E-state index >= 15 is 0 Å². The molecule has 43 heavy (non-hydrogen) atoms. The van der Waals surface area contributed by atoms with Gasteiger partial charge in [-0.3, -0.25) is 9.59 Å². The zero-order valence-corrected chi connectivity index (χ0v) is 24.4. The van der Waals surface area contributed by atoms with Gasteiger partial charge >= 0.3 is 5.97 Å². The molecule has 0 fully saturated rings. The van der Waals surface area contributed by atoms with Crippen molar-refractivity contribution in [1.29, 1.82) is 5.26 Å². The molecule has 0 radical (unpaired) electrons. The van der Waals surface area contributed by atoms with Gasteiger partial charge in [0.15, 0.2) is 11.6 Å². The van der Waals surface area contributed by atoms with E-state index in [2.05, 4.69) is 6.07 Å². The standard InChI is InChI=1S/C36H23Cl2NO4/c1-2-43-36(42)32-28(21-39)31(34(40)24-9-5-3-6-10-24)29(22-13-17-26(37)18-14-22)30(23-15-19-27(38)20-16-23)33(32)35(41)25-11-7-4-8-12-25/h3-20H,2H2,1H3. The van der Waals surface area contributed by atoms with Gasteiger partial charge in [0.1, 0.15) is 6.07 Å². The van der Waals surface area contributed by atoms with Gasteiger partial charge < -0.3 is 4.74 Å². The molecular weight excluding hydrogens is 581 g/mol. The third-order valence-corrected chi connectivity index (χ3v) is 7.39. The van der Waals surface area contributed by atoms with Crippen molar-refractivity contribution in [1.82, 2.24) is 0 Å². The minimum absolute atomic E-state index is 0.0140. The van der Waals surface area contributed by atoms with Crippen LogP contribution >= 0.6 is 23.2 Å². The first-order valence-electron chi connectivity index (χ1n) is 13.4. The largest absolute Gasteiger partial charge is 0.462 e. The Morgan fingerprint density at radius 1 is 0.628 bits per heavy atom. The molecule has 5 rings (SSSR count). The lowest BCUT2D eigenvalue weighted by molar-refractivity contribution is 0.0523. The summed E-state index contributed by atoms with van der Waals surface area (Å²) in [5, 5.41) is 11.5. The number of hydrogen-bond donors (Lipinski definition) is 0. The molecule has 0 bridgehead atoms. The summed E-state index contributed by atoms with van der Waals surface area (Å²) < 4.78 is 5.42. The number of benzene rings is 5. The van der Waals surface area contributed by atoms with Crippen LogP contribution in [0.25, 0.3) is 22.3 Å². The Kier molecular flexibility index (Phi) is 8.82. The molecular formula is C36H23Cl2NO4. The van der Waals surface area contributed by atoms with E-state index in [1.54, 1.807) is 116 Å². The maximum Gasteiger partial charge on any atom is 0.340 e. The maximum atomic E-state index is 14.4. The van der Waals surface area contributed by atoms with Crippen molar-refractivity contribution < 1.29 is 19.1 Å². The topological polar surface area (TPSA) is 84.2 Å². The van der Waals surface area contributed by atoms with Crippen LogP contribution < -0.4 is 0 Å². The van der Waals surface area contributed by atoms with E-state index in [0.29, 0.717) is 32.3 Å². The van der Waals surface area contributed by atoms with Crippen molar-refractivity contribution in [3.05, 3.63) is 153 Å². The number of carbonyl (C=O) groups excluding carboxylic acids is 3. The summed E-state index contributed by atoms with van der Waals surface area (Å²) in [5.74, 6) is -1.90. The molecule has 5 aromatic rings. The minimum atomic E-state index is -0.890. The second-order valence-corrected chi connectivity index (χ2v) is 10.4. The highest BCUT2D eigenvalue weighted by Gasteiger charge is 2.35. The van der Waals surface area contributed by atoms with Crippen molar-refractivity contribution >= 4 is 40.7 Å². The van der Waals surface area contributed by atoms with Crippen LogP contribution in [-0.2, 0) is 4.74 Å². The van der Waals surface area contributed by atoms with Crippen molar-refractivity contribution in [3.8, 4) is 28.3 Å². The van der Waals surface area contributed by atoms with Crippen LogP contribution in [-0.4, -0.2) is 24.1 Å². The predicted octanol–water partition coefficient (Wildman–Crippen LogP) is 8.84. The highest BCUT2D eigenvalue weighted by molar-refractivity contribution is 6.31. The molecule has 0 heterocycles. The number of ether oxygens (including phenoxy) is 1. The van der Waals surface area contributed by atoms with Gasteiger partial charge in [-0.05, 0) is 42.3 Å². The summed E-state index contributed by atoms with van der Waals surface area (Å²) >= 11 is 12.5. The van der Waals surface area contributed by atoms with Crippen LogP contribution in [0.5, 0.6) is 0 Å². The van der Waals surface area contributed by atoms with Gasteiger partial charge in [-0.1, -0.05) is 108 Å². The highest BCUT2D eigenvalue weighted by atomic mass is 35.5. The molecule has 0 unspecified atom stereocenters. The summed E-state index contributed by atoms with van der Waals surface area (Å²) in [7, 11) is 0. The number of nitriles is 1. The third kappa shape index (κ3) is 5.85. The monoisotopic (exact) mass is 603 g/mol. The average molecular weight is 604 g/mol. The summed E-state index contributed by atoms with van der Waals surface area (Å²) in [4.78, 5) is 42.6. The van der Waals surface area contributed by atoms with E-state index in [1.807, 2.05) is 0 Å². The van der Waals surface area contributed by atoms with Gasteiger partial charge in [0.2, 0.25) is 0 Å². The van der Waals surface area contributed by atoms with Crippen LogP contribution in [0, 0.1) is 11.3 Å². The molecule has 0 atom stereocenters. The molecule has 0 spiro atoms. The molecule has 0 saturated heterocycles. The number of esters is 1. The van der Waals surface area contributed by atoms with Gasteiger partial charge in [-0.2, -0.15) is 5.26 Å². The fourth-order valence-electron chi connectivity index (χ4n) is 5.00. The quantitative estimate of drug-likeness (QED) is 0.131. The fourth-order valence-corrected chi connectivity index (χ4v) is 5.25. The van der Waals surface area contributed by atoms with Gasteiger partial charge in [0.05, 0.1) is 17.7 Å². The van der Waals surface area contributed by atoms with Crippen LogP contribution in [0.15, 0.2) is 109 Å². The summed E-state index contributed by atoms with van der Waals surface area (Å²) in [5.41, 5.74) is 1.57. The molecule has 0 N–H and O–H groups in total. The van der Waals surface area contributed by atoms with E-state index in [9.17, 15) is 19.6 Å². The molecule has 0 aliphatic carbocycles. The number of carbonyl (C=O) groups is 3. The molecule has 5 nitrogen and oxygen atoms in total. The van der Waals surface area contributed by atoms with Gasteiger partial charge in [0.25, 0.3) is 0 Å². The van der Waals surface area contributed by atoms with Crippen molar-refractivity contribution in [2.45, 2.75) is 6.92 Å². The molecule has 0 amide bonds. The lowest BCUT2D eigenvalue weighted by atomic mass is 9.77. The lowest BCUT2D eigenvalue weighted by Crippen LogP contribution is -2.21. The first-order valence-corrected chi connectivity index (χ1v) is 14.1. The Bertz CT molecular complexity index is 1880. The minimum Gasteiger partial charge on any atom is -0.462 e. The molecule has 7 heteroatoms. The fraction of sp³-hybridized carbons (Fsp3) is 0.0556. The van der Waals surface area contributed by atoms with Crippen molar-refractivity contribution in [2.75, 3.05) is 6.61 Å². The Morgan fingerprint density at radius 2 is 1.05 bits per heavy atom. The van der Waals surface area contributed by atoms with Gasteiger partial charge in [-0.25, -0.2) is 4.79 Å².